The van der Waals surface area contributed by atoms with E-state index in [4.69, 9.17) is 11.6 Å². The van der Waals surface area contributed by atoms with Gasteiger partial charge >= 0.3 is 0 Å². The third kappa shape index (κ3) is 4.70. The van der Waals surface area contributed by atoms with Gasteiger partial charge < -0.3 is 16.0 Å². The molecule has 2 aromatic carbocycles. The van der Waals surface area contributed by atoms with E-state index in [0.717, 1.165) is 17.1 Å². The minimum Gasteiger partial charge on any atom is -0.339 e. The van der Waals surface area contributed by atoms with E-state index in [0.29, 0.717) is 22.5 Å². The Bertz CT molecular complexity index is 945. The number of aromatic nitrogens is 2. The lowest BCUT2D eigenvalue weighted by Gasteiger charge is -2.11. The molecule has 0 bridgehead atoms. The van der Waals surface area contributed by atoms with Crippen LogP contribution in [-0.4, -0.2) is 15.9 Å². The van der Waals surface area contributed by atoms with Gasteiger partial charge in [-0.15, -0.1) is 0 Å². The molecule has 0 spiro atoms. The summed E-state index contributed by atoms with van der Waals surface area (Å²) in [6.45, 7) is 3.36. The molecule has 7 heteroatoms. The van der Waals surface area contributed by atoms with Crippen molar-refractivity contribution < 1.29 is 4.79 Å². The van der Waals surface area contributed by atoms with Crippen LogP contribution in [0.25, 0.3) is 0 Å². The molecule has 0 saturated heterocycles. The van der Waals surface area contributed by atoms with Gasteiger partial charge in [0.2, 0.25) is 11.9 Å². The zero-order valence-corrected chi connectivity index (χ0v) is 15.1. The zero-order chi connectivity index (χ0) is 18.5. The van der Waals surface area contributed by atoms with E-state index in [1.54, 1.807) is 0 Å². The summed E-state index contributed by atoms with van der Waals surface area (Å²) in [7, 11) is 0. The SMILES string of the molecule is CC(=O)Nc1cccc(Nc2nc(C)cc(Nc3ccccc3Cl)n2)c1. The van der Waals surface area contributed by atoms with Crippen LogP contribution in [0, 0.1) is 6.92 Å². The van der Waals surface area contributed by atoms with Gasteiger partial charge in [-0.3, -0.25) is 4.79 Å². The summed E-state index contributed by atoms with van der Waals surface area (Å²) < 4.78 is 0. The van der Waals surface area contributed by atoms with Crippen molar-refractivity contribution in [2.24, 2.45) is 0 Å². The molecule has 3 N–H and O–H groups in total. The fourth-order valence-electron chi connectivity index (χ4n) is 2.40. The Labute approximate surface area is 156 Å². The summed E-state index contributed by atoms with van der Waals surface area (Å²) >= 11 is 6.19. The van der Waals surface area contributed by atoms with Crippen molar-refractivity contribution in [1.29, 1.82) is 0 Å². The summed E-state index contributed by atoms with van der Waals surface area (Å²) in [4.78, 5) is 20.1. The number of amides is 1. The molecular formula is C19H18ClN5O. The smallest absolute Gasteiger partial charge is 0.229 e. The van der Waals surface area contributed by atoms with Crippen LogP contribution in [0.4, 0.5) is 28.8 Å². The van der Waals surface area contributed by atoms with Crippen LogP contribution < -0.4 is 16.0 Å². The summed E-state index contributed by atoms with van der Waals surface area (Å²) in [5.74, 6) is 0.950. The number of nitrogens with one attached hydrogen (secondary N) is 3. The summed E-state index contributed by atoms with van der Waals surface area (Å²) in [6, 6.07) is 16.6. The number of hydrogen-bond donors (Lipinski definition) is 3. The number of carbonyl (C=O) groups is 1. The number of halogens is 1. The van der Waals surface area contributed by atoms with Gasteiger partial charge in [0, 0.05) is 30.1 Å². The molecule has 1 amide bonds. The standard InChI is InChI=1S/C19H18ClN5O/c1-12-10-18(24-17-9-4-3-8-16(17)20)25-19(21-12)23-15-7-5-6-14(11-15)22-13(2)26/h3-11H,1-2H3,(H,22,26)(H2,21,23,24,25). The van der Waals surface area contributed by atoms with E-state index < -0.39 is 0 Å². The molecule has 0 fully saturated rings. The number of para-hydroxylation sites is 1. The quantitative estimate of drug-likeness (QED) is 0.598. The summed E-state index contributed by atoms with van der Waals surface area (Å²) in [5, 5.41) is 9.71. The number of nitrogens with zero attached hydrogens (tertiary/aromatic N) is 2. The van der Waals surface area contributed by atoms with Crippen LogP contribution in [0.2, 0.25) is 5.02 Å². The van der Waals surface area contributed by atoms with Gasteiger partial charge in [0.05, 0.1) is 10.7 Å². The zero-order valence-electron chi connectivity index (χ0n) is 14.4. The number of rotatable bonds is 5. The fraction of sp³-hybridized carbons (Fsp3) is 0.105. The first-order valence-electron chi connectivity index (χ1n) is 8.01. The average Bonchev–Trinajstić information content (AvgIpc) is 2.56. The molecule has 0 radical (unpaired) electrons. The molecule has 3 aromatic rings. The summed E-state index contributed by atoms with van der Waals surface area (Å²) in [6.07, 6.45) is 0. The molecule has 1 heterocycles. The van der Waals surface area contributed by atoms with Gasteiger partial charge in [0.1, 0.15) is 5.82 Å². The van der Waals surface area contributed by atoms with Gasteiger partial charge in [-0.2, -0.15) is 4.98 Å². The number of anilines is 5. The van der Waals surface area contributed by atoms with Gasteiger partial charge in [0.25, 0.3) is 0 Å². The second-order valence-electron chi connectivity index (χ2n) is 5.71. The van der Waals surface area contributed by atoms with E-state index in [-0.39, 0.29) is 5.91 Å². The molecule has 3 rings (SSSR count). The lowest BCUT2D eigenvalue weighted by atomic mass is 10.2. The number of hydrogen-bond acceptors (Lipinski definition) is 5. The van der Waals surface area contributed by atoms with E-state index in [1.165, 1.54) is 6.92 Å². The predicted octanol–water partition coefficient (Wildman–Crippen LogP) is 4.88. The van der Waals surface area contributed by atoms with Crippen LogP contribution >= 0.6 is 11.6 Å². The monoisotopic (exact) mass is 367 g/mol. The Morgan fingerprint density at radius 2 is 1.73 bits per heavy atom. The normalized spacial score (nSPS) is 10.3. The Hall–Kier alpha value is -3.12. The third-order valence-electron chi connectivity index (χ3n) is 3.43. The fourth-order valence-corrected chi connectivity index (χ4v) is 2.58. The lowest BCUT2D eigenvalue weighted by Crippen LogP contribution is -2.06. The van der Waals surface area contributed by atoms with Crippen LogP contribution in [0.3, 0.4) is 0 Å². The van der Waals surface area contributed by atoms with Crippen molar-refractivity contribution in [3.63, 3.8) is 0 Å². The molecule has 0 aliphatic heterocycles. The van der Waals surface area contributed by atoms with Crippen molar-refractivity contribution >= 4 is 46.3 Å². The third-order valence-corrected chi connectivity index (χ3v) is 3.76. The Morgan fingerprint density at radius 1 is 0.962 bits per heavy atom. The van der Waals surface area contributed by atoms with Gasteiger partial charge in [-0.1, -0.05) is 29.8 Å². The Morgan fingerprint density at radius 3 is 2.50 bits per heavy atom. The van der Waals surface area contributed by atoms with Crippen LogP contribution in [-0.2, 0) is 4.79 Å². The maximum Gasteiger partial charge on any atom is 0.229 e. The molecule has 0 atom stereocenters. The number of carbonyl (C=O) groups excluding carboxylic acids is 1. The molecule has 0 unspecified atom stereocenters. The maximum absolute atomic E-state index is 11.2. The molecule has 0 aliphatic rings. The lowest BCUT2D eigenvalue weighted by molar-refractivity contribution is -0.114. The van der Waals surface area contributed by atoms with Crippen LogP contribution in [0.15, 0.2) is 54.6 Å². The van der Waals surface area contributed by atoms with Gasteiger partial charge in [-0.05, 0) is 37.3 Å². The molecule has 6 nitrogen and oxygen atoms in total. The van der Waals surface area contributed by atoms with E-state index in [2.05, 4.69) is 25.9 Å². The molecule has 26 heavy (non-hydrogen) atoms. The largest absolute Gasteiger partial charge is 0.339 e. The molecule has 1 aromatic heterocycles. The van der Waals surface area contributed by atoms with Crippen molar-refractivity contribution in [3.05, 3.63) is 65.3 Å². The van der Waals surface area contributed by atoms with Crippen molar-refractivity contribution in [3.8, 4) is 0 Å². The van der Waals surface area contributed by atoms with Gasteiger partial charge in [-0.25, -0.2) is 4.98 Å². The molecule has 0 saturated carbocycles. The highest BCUT2D eigenvalue weighted by Crippen LogP contribution is 2.25. The van der Waals surface area contributed by atoms with E-state index >= 15 is 0 Å². The minimum absolute atomic E-state index is 0.125. The van der Waals surface area contributed by atoms with Crippen LogP contribution in [0.1, 0.15) is 12.6 Å². The highest BCUT2D eigenvalue weighted by atomic mass is 35.5. The molecule has 0 aliphatic carbocycles. The second-order valence-corrected chi connectivity index (χ2v) is 6.12. The highest BCUT2D eigenvalue weighted by molar-refractivity contribution is 6.33. The summed E-state index contributed by atoms with van der Waals surface area (Å²) in [5.41, 5.74) is 3.04. The average molecular weight is 368 g/mol. The maximum atomic E-state index is 11.2. The van der Waals surface area contributed by atoms with Crippen molar-refractivity contribution in [1.82, 2.24) is 9.97 Å². The van der Waals surface area contributed by atoms with Crippen molar-refractivity contribution in [2.45, 2.75) is 13.8 Å². The first-order chi connectivity index (χ1) is 12.5. The second kappa shape index (κ2) is 7.84. The number of benzene rings is 2. The first kappa shape index (κ1) is 17.7. The first-order valence-corrected chi connectivity index (χ1v) is 8.39. The highest BCUT2D eigenvalue weighted by Gasteiger charge is 2.06. The van der Waals surface area contributed by atoms with Crippen molar-refractivity contribution in [2.75, 3.05) is 16.0 Å². The minimum atomic E-state index is -0.125. The van der Waals surface area contributed by atoms with Gasteiger partial charge in [0.15, 0.2) is 0 Å². The number of aryl methyl sites for hydroxylation is 1. The van der Waals surface area contributed by atoms with E-state index in [1.807, 2.05) is 61.5 Å². The Balaban J connectivity index is 1.82. The molecular weight excluding hydrogens is 350 g/mol. The Kier molecular flexibility index (Phi) is 5.34. The topological polar surface area (TPSA) is 78.9 Å². The van der Waals surface area contributed by atoms with E-state index in [9.17, 15) is 4.79 Å². The predicted molar refractivity (Wildman–Crippen MR) is 106 cm³/mol. The van der Waals surface area contributed by atoms with Crippen LogP contribution in [0.5, 0.6) is 0 Å². The molecule has 132 valence electrons.